The number of aliphatic hydroxyl groups excluding tert-OH is 1. The molecule has 0 saturated heterocycles. The van der Waals surface area contributed by atoms with E-state index in [1.807, 2.05) is 20.8 Å². The van der Waals surface area contributed by atoms with Gasteiger partial charge in [0.25, 0.3) is 5.91 Å². The largest absolute Gasteiger partial charge is 0.491 e. The molecule has 0 aliphatic rings. The van der Waals surface area contributed by atoms with Crippen LogP contribution < -0.4 is 10.1 Å². The monoisotopic (exact) mass is 266 g/mol. The van der Waals surface area contributed by atoms with Crippen molar-refractivity contribution >= 4 is 5.91 Å². The van der Waals surface area contributed by atoms with Crippen molar-refractivity contribution in [3.63, 3.8) is 0 Å². The van der Waals surface area contributed by atoms with E-state index in [9.17, 15) is 9.90 Å². The maximum absolute atomic E-state index is 12.0. The maximum atomic E-state index is 12.0. The highest BCUT2D eigenvalue weighted by Gasteiger charge is 2.14. The van der Waals surface area contributed by atoms with Crippen LogP contribution in [-0.2, 0) is 0 Å². The minimum Gasteiger partial charge on any atom is -0.491 e. The van der Waals surface area contributed by atoms with Crippen LogP contribution in [0.15, 0.2) is 18.3 Å². The molecule has 2 N–H and O–H groups in total. The molecular formula is C14H22N2O3. The second-order valence-corrected chi connectivity index (χ2v) is 4.64. The Kier molecular flexibility index (Phi) is 6.29. The van der Waals surface area contributed by atoms with E-state index in [4.69, 9.17) is 4.74 Å². The Hall–Kier alpha value is -1.62. The molecule has 5 heteroatoms. The third-order valence-corrected chi connectivity index (χ3v) is 2.78. The number of aliphatic hydroxyl groups is 1. The van der Waals surface area contributed by atoms with E-state index in [2.05, 4.69) is 10.3 Å². The SMILES string of the molecule is CCOc1cccnc1C(=O)NCCC(O)C(C)C. The summed E-state index contributed by atoms with van der Waals surface area (Å²) in [6.07, 6.45) is 1.68. The molecule has 0 aliphatic carbocycles. The van der Waals surface area contributed by atoms with Gasteiger partial charge in [0.2, 0.25) is 0 Å². The molecule has 19 heavy (non-hydrogen) atoms. The van der Waals surface area contributed by atoms with Gasteiger partial charge < -0.3 is 15.2 Å². The predicted molar refractivity (Wildman–Crippen MR) is 73.2 cm³/mol. The summed E-state index contributed by atoms with van der Waals surface area (Å²) in [7, 11) is 0. The lowest BCUT2D eigenvalue weighted by molar-refractivity contribution is 0.0912. The summed E-state index contributed by atoms with van der Waals surface area (Å²) < 4.78 is 5.35. The number of rotatable bonds is 7. The first-order valence-corrected chi connectivity index (χ1v) is 6.60. The normalized spacial score (nSPS) is 12.3. The molecule has 0 spiro atoms. The van der Waals surface area contributed by atoms with Crippen LogP contribution in [0.2, 0.25) is 0 Å². The maximum Gasteiger partial charge on any atom is 0.273 e. The van der Waals surface area contributed by atoms with Crippen LogP contribution >= 0.6 is 0 Å². The first-order valence-electron chi connectivity index (χ1n) is 6.60. The average Bonchev–Trinajstić information content (AvgIpc) is 2.39. The average molecular weight is 266 g/mol. The zero-order valence-electron chi connectivity index (χ0n) is 11.7. The Balaban J connectivity index is 2.54. The number of ether oxygens (including phenoxy) is 1. The van der Waals surface area contributed by atoms with Gasteiger partial charge in [-0.25, -0.2) is 4.98 Å². The van der Waals surface area contributed by atoms with E-state index in [-0.39, 0.29) is 17.5 Å². The zero-order chi connectivity index (χ0) is 14.3. The Morgan fingerprint density at radius 3 is 2.89 bits per heavy atom. The van der Waals surface area contributed by atoms with Gasteiger partial charge in [0, 0.05) is 12.7 Å². The van der Waals surface area contributed by atoms with Gasteiger partial charge in [-0.15, -0.1) is 0 Å². The van der Waals surface area contributed by atoms with E-state index in [1.54, 1.807) is 18.3 Å². The summed E-state index contributed by atoms with van der Waals surface area (Å²) >= 11 is 0. The first-order chi connectivity index (χ1) is 9.06. The van der Waals surface area contributed by atoms with Gasteiger partial charge >= 0.3 is 0 Å². The number of amides is 1. The van der Waals surface area contributed by atoms with Gasteiger partial charge in [0.1, 0.15) is 0 Å². The van der Waals surface area contributed by atoms with Crippen LogP contribution in [0, 0.1) is 5.92 Å². The standard InChI is InChI=1S/C14H22N2O3/c1-4-19-12-6-5-8-15-13(12)14(18)16-9-7-11(17)10(2)3/h5-6,8,10-11,17H,4,7,9H2,1-3H3,(H,16,18). The lowest BCUT2D eigenvalue weighted by Crippen LogP contribution is -2.29. The van der Waals surface area contributed by atoms with Gasteiger partial charge in [-0.05, 0) is 31.4 Å². The van der Waals surface area contributed by atoms with Crippen molar-refractivity contribution in [2.45, 2.75) is 33.3 Å². The molecule has 0 radical (unpaired) electrons. The van der Waals surface area contributed by atoms with E-state index < -0.39 is 6.10 Å². The molecule has 0 fully saturated rings. The van der Waals surface area contributed by atoms with Crippen molar-refractivity contribution < 1.29 is 14.6 Å². The molecule has 5 nitrogen and oxygen atoms in total. The Labute approximate surface area is 114 Å². The van der Waals surface area contributed by atoms with Gasteiger partial charge in [-0.1, -0.05) is 13.8 Å². The summed E-state index contributed by atoms with van der Waals surface area (Å²) in [5.74, 6) is 0.387. The lowest BCUT2D eigenvalue weighted by atomic mass is 10.0. The van der Waals surface area contributed by atoms with Crippen molar-refractivity contribution in [1.29, 1.82) is 0 Å². The number of carbonyl (C=O) groups is 1. The molecule has 1 aromatic rings. The fourth-order valence-electron chi connectivity index (χ4n) is 1.58. The van der Waals surface area contributed by atoms with Gasteiger partial charge in [0.05, 0.1) is 12.7 Å². The van der Waals surface area contributed by atoms with E-state index in [0.717, 1.165) is 0 Å². The quantitative estimate of drug-likeness (QED) is 0.786. The molecular weight excluding hydrogens is 244 g/mol. The van der Waals surface area contributed by atoms with Crippen molar-refractivity contribution in [3.8, 4) is 5.75 Å². The van der Waals surface area contributed by atoms with Crippen LogP contribution in [0.25, 0.3) is 0 Å². The molecule has 1 unspecified atom stereocenters. The second kappa shape index (κ2) is 7.74. The number of nitrogens with one attached hydrogen (secondary N) is 1. The number of hydrogen-bond acceptors (Lipinski definition) is 4. The van der Waals surface area contributed by atoms with Crippen molar-refractivity contribution in [3.05, 3.63) is 24.0 Å². The van der Waals surface area contributed by atoms with Gasteiger partial charge in [-0.2, -0.15) is 0 Å². The third-order valence-electron chi connectivity index (χ3n) is 2.78. The van der Waals surface area contributed by atoms with E-state index >= 15 is 0 Å². The highest BCUT2D eigenvalue weighted by molar-refractivity contribution is 5.94. The number of hydrogen-bond donors (Lipinski definition) is 2. The summed E-state index contributed by atoms with van der Waals surface area (Å²) in [6.45, 7) is 6.64. The minimum absolute atomic E-state index is 0.186. The molecule has 0 aromatic carbocycles. The number of aromatic nitrogens is 1. The first kappa shape index (κ1) is 15.4. The molecule has 0 saturated carbocycles. The summed E-state index contributed by atoms with van der Waals surface area (Å²) in [5.41, 5.74) is 0.281. The molecule has 106 valence electrons. The lowest BCUT2D eigenvalue weighted by Gasteiger charge is -2.14. The molecule has 0 aliphatic heterocycles. The van der Waals surface area contributed by atoms with E-state index in [1.165, 1.54) is 0 Å². The smallest absolute Gasteiger partial charge is 0.273 e. The van der Waals surface area contributed by atoms with Gasteiger partial charge in [0.15, 0.2) is 11.4 Å². The van der Waals surface area contributed by atoms with Crippen LogP contribution in [0.4, 0.5) is 0 Å². The Morgan fingerprint density at radius 1 is 1.53 bits per heavy atom. The van der Waals surface area contributed by atoms with E-state index in [0.29, 0.717) is 25.3 Å². The Morgan fingerprint density at radius 2 is 2.26 bits per heavy atom. The van der Waals surface area contributed by atoms with Crippen LogP contribution in [0.3, 0.4) is 0 Å². The third kappa shape index (κ3) is 4.87. The summed E-state index contributed by atoms with van der Waals surface area (Å²) in [5, 5.41) is 12.4. The zero-order valence-corrected chi connectivity index (χ0v) is 11.7. The number of pyridine rings is 1. The van der Waals surface area contributed by atoms with Crippen LogP contribution in [-0.4, -0.2) is 35.3 Å². The number of nitrogens with zero attached hydrogens (tertiary/aromatic N) is 1. The highest BCUT2D eigenvalue weighted by atomic mass is 16.5. The topological polar surface area (TPSA) is 71.5 Å². The van der Waals surface area contributed by atoms with Crippen molar-refractivity contribution in [1.82, 2.24) is 10.3 Å². The van der Waals surface area contributed by atoms with Gasteiger partial charge in [-0.3, -0.25) is 4.79 Å². The second-order valence-electron chi connectivity index (χ2n) is 4.64. The predicted octanol–water partition coefficient (Wildman–Crippen LogP) is 1.62. The van der Waals surface area contributed by atoms with Crippen molar-refractivity contribution in [2.24, 2.45) is 5.92 Å². The number of carbonyl (C=O) groups excluding carboxylic acids is 1. The minimum atomic E-state index is -0.407. The molecule has 1 aromatic heterocycles. The molecule has 1 amide bonds. The molecule has 1 atom stereocenters. The molecule has 1 rings (SSSR count). The Bertz CT molecular complexity index is 407. The van der Waals surface area contributed by atoms with Crippen LogP contribution in [0.5, 0.6) is 5.75 Å². The molecule has 1 heterocycles. The summed E-state index contributed by atoms with van der Waals surface area (Å²) in [4.78, 5) is 16.0. The fraction of sp³-hybridized carbons (Fsp3) is 0.571. The van der Waals surface area contributed by atoms with Crippen molar-refractivity contribution in [2.75, 3.05) is 13.2 Å². The molecule has 0 bridgehead atoms. The van der Waals surface area contributed by atoms with Crippen LogP contribution in [0.1, 0.15) is 37.7 Å². The fourth-order valence-corrected chi connectivity index (χ4v) is 1.58. The highest BCUT2D eigenvalue weighted by Crippen LogP contribution is 2.15. The summed E-state index contributed by atoms with van der Waals surface area (Å²) in [6, 6.07) is 3.44.